The highest BCUT2D eigenvalue weighted by molar-refractivity contribution is 6.13. The molecule has 4 nitrogen and oxygen atoms in total. The summed E-state index contributed by atoms with van der Waals surface area (Å²) in [6.45, 7) is 2.10. The van der Waals surface area contributed by atoms with Gasteiger partial charge in [-0.3, -0.25) is 4.98 Å². The van der Waals surface area contributed by atoms with Gasteiger partial charge in [0.1, 0.15) is 18.2 Å². The molecule has 0 aliphatic carbocycles. The highest BCUT2D eigenvalue weighted by Crippen LogP contribution is 2.41. The molecule has 166 valence electrons. The smallest absolute Gasteiger partial charge is 0.216 e. The topological polar surface area (TPSA) is 53.7 Å². The molecule has 0 unspecified atom stereocenters. The van der Waals surface area contributed by atoms with Crippen molar-refractivity contribution in [1.82, 2.24) is 4.98 Å². The SMILES string of the molecule is Cc1ccc2c(oc3c(-c4ccc(-c5ccccc5)nc4)c(C#N)ccc32)c1-c1cccc[n+]1C. The number of hydrogen-bond donors (Lipinski definition) is 0. The van der Waals surface area contributed by atoms with Crippen LogP contribution in [0.2, 0.25) is 0 Å². The predicted octanol–water partition coefficient (Wildman–Crippen LogP) is 6.99. The van der Waals surface area contributed by atoms with Crippen LogP contribution in [-0.2, 0) is 7.05 Å². The number of nitrogens with zero attached hydrogens (tertiary/aromatic N) is 3. The normalized spacial score (nSPS) is 11.1. The van der Waals surface area contributed by atoms with E-state index in [1.807, 2.05) is 86.2 Å². The van der Waals surface area contributed by atoms with Gasteiger partial charge >= 0.3 is 0 Å². The fraction of sp³-hybridized carbons (Fsp3) is 0.0645. The Kier molecular flexibility index (Phi) is 4.90. The number of pyridine rings is 2. The molecular weight excluding hydrogens is 430 g/mol. The molecule has 0 spiro atoms. The van der Waals surface area contributed by atoms with Crippen molar-refractivity contribution in [2.24, 2.45) is 7.05 Å². The third-order valence-electron chi connectivity index (χ3n) is 6.57. The van der Waals surface area contributed by atoms with Gasteiger partial charge in [0.25, 0.3) is 0 Å². The van der Waals surface area contributed by atoms with Gasteiger partial charge in [-0.2, -0.15) is 5.26 Å². The zero-order valence-electron chi connectivity index (χ0n) is 19.5. The van der Waals surface area contributed by atoms with E-state index in [0.29, 0.717) is 11.1 Å². The van der Waals surface area contributed by atoms with Gasteiger partial charge in [-0.15, -0.1) is 0 Å². The molecule has 0 aliphatic rings. The summed E-state index contributed by atoms with van der Waals surface area (Å²) in [5, 5.41) is 12.0. The number of rotatable bonds is 3. The van der Waals surface area contributed by atoms with Gasteiger partial charge in [0.05, 0.1) is 22.9 Å². The first-order chi connectivity index (χ1) is 17.2. The van der Waals surface area contributed by atoms with E-state index in [-0.39, 0.29) is 0 Å². The second-order valence-corrected chi connectivity index (χ2v) is 8.71. The van der Waals surface area contributed by atoms with Crippen molar-refractivity contribution in [3.8, 4) is 39.7 Å². The summed E-state index contributed by atoms with van der Waals surface area (Å²) in [6.07, 6.45) is 3.87. The first kappa shape index (κ1) is 20.8. The molecule has 0 N–H and O–H groups in total. The van der Waals surface area contributed by atoms with E-state index in [1.165, 1.54) is 0 Å². The van der Waals surface area contributed by atoms with Crippen molar-refractivity contribution in [1.29, 1.82) is 5.26 Å². The molecule has 35 heavy (non-hydrogen) atoms. The molecule has 6 rings (SSSR count). The third kappa shape index (κ3) is 3.37. The minimum atomic E-state index is 0.564. The van der Waals surface area contributed by atoms with E-state index in [1.54, 1.807) is 0 Å². The third-order valence-corrected chi connectivity index (χ3v) is 6.57. The Bertz CT molecular complexity index is 1760. The van der Waals surface area contributed by atoms with Gasteiger partial charge in [-0.25, -0.2) is 4.57 Å². The molecule has 3 aromatic heterocycles. The average molecular weight is 453 g/mol. The van der Waals surface area contributed by atoms with Crippen molar-refractivity contribution in [3.63, 3.8) is 0 Å². The molecule has 0 radical (unpaired) electrons. The fourth-order valence-corrected chi connectivity index (χ4v) is 4.80. The lowest BCUT2D eigenvalue weighted by Crippen LogP contribution is -2.30. The number of furan rings is 1. The van der Waals surface area contributed by atoms with Crippen molar-refractivity contribution >= 4 is 21.9 Å². The summed E-state index contributed by atoms with van der Waals surface area (Å²) >= 11 is 0. The molecule has 6 aromatic rings. The Morgan fingerprint density at radius 2 is 1.51 bits per heavy atom. The Balaban J connectivity index is 1.61. The average Bonchev–Trinajstić information content (AvgIpc) is 3.28. The van der Waals surface area contributed by atoms with Crippen LogP contribution >= 0.6 is 0 Å². The van der Waals surface area contributed by atoms with Crippen LogP contribution in [0.4, 0.5) is 0 Å². The zero-order chi connectivity index (χ0) is 23.9. The number of aryl methyl sites for hydroxylation is 2. The number of fused-ring (bicyclic) bond motifs is 3. The summed E-state index contributed by atoms with van der Waals surface area (Å²) in [7, 11) is 2.04. The molecule has 4 heteroatoms. The van der Waals surface area contributed by atoms with E-state index >= 15 is 0 Å². The van der Waals surface area contributed by atoms with Crippen LogP contribution in [0.25, 0.3) is 55.6 Å². The van der Waals surface area contributed by atoms with Crippen molar-refractivity contribution in [2.75, 3.05) is 0 Å². The molecular formula is C31H22N3O+. The van der Waals surface area contributed by atoms with Crippen LogP contribution in [0, 0.1) is 18.3 Å². The maximum atomic E-state index is 9.94. The second kappa shape index (κ2) is 8.23. The maximum Gasteiger partial charge on any atom is 0.216 e. The quantitative estimate of drug-likeness (QED) is 0.272. The van der Waals surface area contributed by atoms with Gasteiger partial charge in [0.2, 0.25) is 5.69 Å². The minimum Gasteiger partial charge on any atom is -0.454 e. The van der Waals surface area contributed by atoms with Gasteiger partial charge in [0.15, 0.2) is 6.20 Å². The number of nitriles is 1. The van der Waals surface area contributed by atoms with Crippen LogP contribution in [0.3, 0.4) is 0 Å². The highest BCUT2D eigenvalue weighted by Gasteiger charge is 2.23. The van der Waals surface area contributed by atoms with Gasteiger partial charge in [-0.05, 0) is 36.8 Å². The van der Waals surface area contributed by atoms with E-state index in [2.05, 4.69) is 35.8 Å². The Morgan fingerprint density at radius 1 is 0.771 bits per heavy atom. The fourth-order valence-electron chi connectivity index (χ4n) is 4.80. The molecule has 0 saturated heterocycles. The van der Waals surface area contributed by atoms with Crippen LogP contribution in [0.5, 0.6) is 0 Å². The standard InChI is InChI=1S/C31H22N3O/c1-20-11-14-24-25-15-12-22(18-32)29(23-13-16-26(33-19-23)21-8-4-3-5-9-21)31(25)35-30(24)28(20)27-10-6-7-17-34(27)2/h3-17,19H,1-2H3/q+1. The Labute approximate surface area is 203 Å². The van der Waals surface area contributed by atoms with E-state index in [9.17, 15) is 5.26 Å². The first-order valence-corrected chi connectivity index (χ1v) is 11.5. The van der Waals surface area contributed by atoms with Crippen LogP contribution in [0.15, 0.2) is 102 Å². The lowest BCUT2D eigenvalue weighted by Gasteiger charge is -2.07. The van der Waals surface area contributed by atoms with E-state index in [4.69, 9.17) is 9.40 Å². The predicted molar refractivity (Wildman–Crippen MR) is 138 cm³/mol. The molecule has 0 fully saturated rings. The molecule has 0 amide bonds. The van der Waals surface area contributed by atoms with Crippen molar-refractivity contribution in [2.45, 2.75) is 6.92 Å². The first-order valence-electron chi connectivity index (χ1n) is 11.5. The molecule has 0 bridgehead atoms. The largest absolute Gasteiger partial charge is 0.454 e. The minimum absolute atomic E-state index is 0.564. The second-order valence-electron chi connectivity index (χ2n) is 8.71. The molecule has 3 aromatic carbocycles. The number of hydrogen-bond acceptors (Lipinski definition) is 3. The summed E-state index contributed by atoms with van der Waals surface area (Å²) in [5.41, 5.74) is 8.93. The summed E-state index contributed by atoms with van der Waals surface area (Å²) in [4.78, 5) is 4.70. The van der Waals surface area contributed by atoms with Gasteiger partial charge < -0.3 is 4.42 Å². The highest BCUT2D eigenvalue weighted by atomic mass is 16.3. The van der Waals surface area contributed by atoms with Crippen molar-refractivity contribution < 1.29 is 8.98 Å². The number of aromatic nitrogens is 2. The zero-order valence-corrected chi connectivity index (χ0v) is 19.5. The molecule has 3 heterocycles. The molecule has 0 atom stereocenters. The lowest BCUT2D eigenvalue weighted by atomic mass is 9.96. The summed E-state index contributed by atoms with van der Waals surface area (Å²) in [5.74, 6) is 0. The van der Waals surface area contributed by atoms with Gasteiger partial charge in [-0.1, -0.05) is 48.5 Å². The van der Waals surface area contributed by atoms with Gasteiger partial charge in [0, 0.05) is 45.8 Å². The summed E-state index contributed by atoms with van der Waals surface area (Å²) in [6, 6.07) is 30.7. The van der Waals surface area contributed by atoms with E-state index < -0.39 is 0 Å². The Morgan fingerprint density at radius 3 is 2.23 bits per heavy atom. The van der Waals surface area contributed by atoms with Crippen LogP contribution in [-0.4, -0.2) is 4.98 Å². The van der Waals surface area contributed by atoms with Crippen molar-refractivity contribution in [3.05, 3.63) is 108 Å². The molecule has 0 aliphatic heterocycles. The van der Waals surface area contributed by atoms with Crippen LogP contribution in [0.1, 0.15) is 11.1 Å². The van der Waals surface area contributed by atoms with Crippen LogP contribution < -0.4 is 4.57 Å². The lowest BCUT2D eigenvalue weighted by molar-refractivity contribution is -0.660. The Hall–Kier alpha value is -4.75. The number of benzene rings is 3. The summed E-state index contributed by atoms with van der Waals surface area (Å²) < 4.78 is 8.72. The monoisotopic (exact) mass is 452 g/mol. The van der Waals surface area contributed by atoms with E-state index in [0.717, 1.165) is 55.6 Å². The molecule has 0 saturated carbocycles. The maximum absolute atomic E-state index is 9.94.